The van der Waals surface area contributed by atoms with E-state index in [1.807, 2.05) is 30.3 Å². The first-order valence-electron chi connectivity index (χ1n) is 14.2. The molecule has 6 heteroatoms. The fraction of sp³-hybridized carbons (Fsp3) is 0.200. The van der Waals surface area contributed by atoms with Crippen LogP contribution in [0.15, 0.2) is 121 Å². The number of unbranched alkanes of at least 4 members (excludes halogenated alkanes) is 4. The first kappa shape index (κ1) is 29.5. The van der Waals surface area contributed by atoms with Crippen molar-refractivity contribution in [2.45, 2.75) is 38.5 Å². The first-order chi connectivity index (χ1) is 20.1. The Morgan fingerprint density at radius 2 is 1.15 bits per heavy atom. The van der Waals surface area contributed by atoms with E-state index in [2.05, 4.69) is 91.0 Å². The van der Waals surface area contributed by atoms with Crippen molar-refractivity contribution in [3.63, 3.8) is 0 Å². The van der Waals surface area contributed by atoms with Crippen LogP contribution in [0.2, 0.25) is 0 Å². The Balaban J connectivity index is 1.13. The molecule has 0 fully saturated rings. The van der Waals surface area contributed by atoms with Gasteiger partial charge in [0.2, 0.25) is 0 Å². The molecular weight excluding hydrogens is 580 g/mol. The second-order valence-electron chi connectivity index (χ2n) is 10.3. The van der Waals surface area contributed by atoms with Gasteiger partial charge in [0.05, 0.1) is 0 Å². The van der Waals surface area contributed by atoms with Gasteiger partial charge < -0.3 is 0 Å². The molecule has 0 aliphatic rings. The maximum atomic E-state index is 12.4. The van der Waals surface area contributed by atoms with Crippen molar-refractivity contribution in [3.05, 3.63) is 125 Å². The van der Waals surface area contributed by atoms with Gasteiger partial charge in [-0.3, -0.25) is 0 Å². The van der Waals surface area contributed by atoms with E-state index in [9.17, 15) is 4.79 Å². The van der Waals surface area contributed by atoms with Gasteiger partial charge >= 0.3 is 204 Å². The Hall–Kier alpha value is -2.95. The molecule has 0 bridgehead atoms. The quantitative estimate of drug-likeness (QED) is 0.0330. The molecule has 4 aromatic carbocycles. The van der Waals surface area contributed by atoms with Crippen molar-refractivity contribution in [1.82, 2.24) is 0 Å². The third-order valence-corrected chi connectivity index (χ3v) is 15.5. The van der Waals surface area contributed by atoms with E-state index in [1.165, 1.54) is 28.5 Å². The maximum absolute atomic E-state index is 12.4. The van der Waals surface area contributed by atoms with Crippen LogP contribution in [-0.2, 0) is 4.79 Å². The van der Waals surface area contributed by atoms with Crippen molar-refractivity contribution in [1.29, 1.82) is 0 Å². The Labute approximate surface area is 256 Å². The van der Waals surface area contributed by atoms with Gasteiger partial charge in [0.1, 0.15) is 3.82 Å². The molecule has 0 atom stereocenters. The van der Waals surface area contributed by atoms with Gasteiger partial charge in [0.15, 0.2) is 0 Å². The average molecular weight is 615 g/mol. The summed E-state index contributed by atoms with van der Waals surface area (Å²) in [5.74, 6) is 0.439. The van der Waals surface area contributed by atoms with Gasteiger partial charge in [0.25, 0.3) is 0 Å². The number of benzene rings is 4. The summed E-state index contributed by atoms with van der Waals surface area (Å²) in [5.41, 5.74) is 1.10. The minimum absolute atomic E-state index is 0.160. The molecule has 0 aliphatic heterocycles. The van der Waals surface area contributed by atoms with Gasteiger partial charge in [-0.25, -0.2) is 0 Å². The summed E-state index contributed by atoms with van der Waals surface area (Å²) in [7, 11) is 1.12. The van der Waals surface area contributed by atoms with E-state index in [1.54, 1.807) is 20.7 Å². The number of carbonyl (C=O) groups is 1. The number of esters is 1. The van der Waals surface area contributed by atoms with Crippen molar-refractivity contribution in [2.24, 2.45) is 0 Å². The van der Waals surface area contributed by atoms with E-state index in [-0.39, 0.29) is 5.97 Å². The number of hydrogen-bond acceptors (Lipinski definition) is 5. The topological polar surface area (TPSA) is 26.3 Å². The van der Waals surface area contributed by atoms with E-state index < -0.39 is 7.26 Å². The van der Waals surface area contributed by atoms with Crippen LogP contribution in [0, 0.1) is 3.82 Å². The molecule has 0 amide bonds. The molecule has 0 unspecified atom stereocenters. The Morgan fingerprint density at radius 1 is 0.634 bits per heavy atom. The zero-order valence-corrected chi connectivity index (χ0v) is 26.5. The standard InChI is InChI=1S/C35H35O2PS3/c36-34(37-29-24-22-28(23-25-29)33-27-35(39)41-40-33)21-13-2-1-3-14-26-38(30-15-7-4-8-16-30,31-17-9-5-10-18-31)32-19-11-6-12-20-32/h4-12,15-20,22-25,27,38H,1-3,13-14,21,26H2. The van der Waals surface area contributed by atoms with Gasteiger partial charge in [-0.15, -0.1) is 0 Å². The van der Waals surface area contributed by atoms with Gasteiger partial charge in [0, 0.05) is 4.88 Å². The van der Waals surface area contributed by atoms with Crippen LogP contribution >= 0.6 is 40.2 Å². The molecule has 0 aliphatic carbocycles. The SMILES string of the molecule is O=C(CCCCCCC[PH](c1ccccc1)(c1ccccc1)c1ccccc1)Oc1ccc(-c2cc(=S)ss2)cc1. The van der Waals surface area contributed by atoms with Crippen molar-refractivity contribution < 1.29 is 9.53 Å². The van der Waals surface area contributed by atoms with Crippen LogP contribution < -0.4 is 20.7 Å². The van der Waals surface area contributed by atoms with Crippen molar-refractivity contribution in [3.8, 4) is 16.2 Å². The molecule has 0 N–H and O–H groups in total. The zero-order chi connectivity index (χ0) is 28.3. The van der Waals surface area contributed by atoms with Crippen LogP contribution in [0.1, 0.15) is 38.5 Å². The summed E-state index contributed by atoms with van der Waals surface area (Å²) < 4.78 is 6.48. The summed E-state index contributed by atoms with van der Waals surface area (Å²) in [6, 6.07) is 43.1. The molecule has 1 heterocycles. The molecule has 0 saturated carbocycles. The predicted octanol–water partition coefficient (Wildman–Crippen LogP) is 9.18. The molecule has 2 nitrogen and oxygen atoms in total. The Morgan fingerprint density at radius 3 is 1.66 bits per heavy atom. The fourth-order valence-electron chi connectivity index (χ4n) is 5.53. The van der Waals surface area contributed by atoms with E-state index in [4.69, 9.17) is 17.0 Å². The number of carbonyl (C=O) groups excluding carboxylic acids is 1. The summed E-state index contributed by atoms with van der Waals surface area (Å²) in [4.78, 5) is 13.6. The van der Waals surface area contributed by atoms with Crippen LogP contribution in [-0.4, -0.2) is 12.1 Å². The summed E-state index contributed by atoms with van der Waals surface area (Å²) in [6.07, 6.45) is 6.96. The van der Waals surface area contributed by atoms with Crippen LogP contribution in [0.5, 0.6) is 5.75 Å². The predicted molar refractivity (Wildman–Crippen MR) is 183 cm³/mol. The van der Waals surface area contributed by atoms with E-state index >= 15 is 0 Å². The fourth-order valence-corrected chi connectivity index (χ4v) is 12.9. The zero-order valence-electron chi connectivity index (χ0n) is 23.0. The van der Waals surface area contributed by atoms with Gasteiger partial charge in [-0.2, -0.15) is 0 Å². The summed E-state index contributed by atoms with van der Waals surface area (Å²) in [5, 5.41) is 4.40. The summed E-state index contributed by atoms with van der Waals surface area (Å²) >= 11 is 5.23. The Kier molecular flexibility index (Phi) is 10.7. The molecule has 0 saturated heterocycles. The molecule has 0 spiro atoms. The summed E-state index contributed by atoms with van der Waals surface area (Å²) in [6.45, 7) is 0. The number of rotatable bonds is 13. The second kappa shape index (κ2) is 14.8. The number of ether oxygens (including phenoxy) is 1. The van der Waals surface area contributed by atoms with Gasteiger partial charge in [-0.05, 0) is 11.6 Å². The molecule has 1 aromatic heterocycles. The molecular formula is C35H35O2PS3. The molecule has 210 valence electrons. The molecule has 5 aromatic rings. The third kappa shape index (κ3) is 7.67. The van der Waals surface area contributed by atoms with Crippen molar-refractivity contribution >= 4 is 62.0 Å². The first-order valence-corrected chi connectivity index (χ1v) is 19.0. The van der Waals surface area contributed by atoms with Crippen LogP contribution in [0.25, 0.3) is 10.4 Å². The molecule has 5 rings (SSSR count). The number of hydrogen-bond donors (Lipinski definition) is 0. The monoisotopic (exact) mass is 614 g/mol. The molecule has 0 radical (unpaired) electrons. The van der Waals surface area contributed by atoms with E-state index in [0.29, 0.717) is 12.2 Å². The normalized spacial score (nSPS) is 11.7. The minimum atomic E-state index is -2.16. The second-order valence-corrected chi connectivity index (χ2v) is 17.2. The van der Waals surface area contributed by atoms with Crippen LogP contribution in [0.3, 0.4) is 0 Å². The van der Waals surface area contributed by atoms with Crippen molar-refractivity contribution in [2.75, 3.05) is 6.16 Å². The van der Waals surface area contributed by atoms with E-state index in [0.717, 1.165) is 39.9 Å². The van der Waals surface area contributed by atoms with Crippen LogP contribution in [0.4, 0.5) is 0 Å². The third-order valence-electron chi connectivity index (χ3n) is 7.57. The Bertz CT molecular complexity index is 1470. The van der Waals surface area contributed by atoms with Gasteiger partial charge in [-0.1, -0.05) is 32.9 Å². The molecule has 41 heavy (non-hydrogen) atoms. The average Bonchev–Trinajstić information content (AvgIpc) is 3.46.